The number of amides is 1. The largest absolute Gasteiger partial charge is 0.482 e. The number of anilines is 1. The Balaban J connectivity index is 2.49. The third-order valence-electron chi connectivity index (χ3n) is 2.74. The van der Waals surface area contributed by atoms with Gasteiger partial charge in [0.2, 0.25) is 0 Å². The molecule has 1 aromatic rings. The maximum Gasteiger partial charge on any atom is 0.326 e. The first-order chi connectivity index (χ1) is 8.00. The molecule has 1 aliphatic rings. The second kappa shape index (κ2) is 4.08. The zero-order chi connectivity index (χ0) is 12.6. The number of benzene rings is 1. The van der Waals surface area contributed by atoms with E-state index in [0.29, 0.717) is 11.4 Å². The zero-order valence-electron chi connectivity index (χ0n) is 9.64. The van der Waals surface area contributed by atoms with E-state index in [1.54, 1.807) is 12.1 Å². The van der Waals surface area contributed by atoms with Gasteiger partial charge in [0.05, 0.1) is 5.69 Å². The van der Waals surface area contributed by atoms with Crippen LogP contribution in [0.2, 0.25) is 0 Å². The molecule has 0 fully saturated rings. The highest BCUT2D eigenvalue weighted by molar-refractivity contribution is 6.02. The van der Waals surface area contributed by atoms with Crippen molar-refractivity contribution in [1.29, 1.82) is 0 Å². The van der Waals surface area contributed by atoms with Crippen molar-refractivity contribution in [2.45, 2.75) is 19.9 Å². The minimum Gasteiger partial charge on any atom is -0.482 e. The van der Waals surface area contributed by atoms with Crippen LogP contribution in [0.3, 0.4) is 0 Å². The van der Waals surface area contributed by atoms with Gasteiger partial charge >= 0.3 is 5.97 Å². The summed E-state index contributed by atoms with van der Waals surface area (Å²) in [5.41, 5.74) is 1.47. The molecule has 1 heterocycles. The molecule has 0 radical (unpaired) electrons. The highest BCUT2D eigenvalue weighted by Gasteiger charge is 2.32. The van der Waals surface area contributed by atoms with Gasteiger partial charge in [0, 0.05) is 0 Å². The summed E-state index contributed by atoms with van der Waals surface area (Å²) in [5, 5.41) is 9.01. The van der Waals surface area contributed by atoms with Crippen molar-refractivity contribution in [3.8, 4) is 5.75 Å². The van der Waals surface area contributed by atoms with E-state index < -0.39 is 12.0 Å². The lowest BCUT2D eigenvalue weighted by molar-refractivity contribution is -0.140. The molecule has 17 heavy (non-hydrogen) atoms. The van der Waals surface area contributed by atoms with Crippen LogP contribution in [-0.2, 0) is 9.59 Å². The number of fused-ring (bicyclic) bond motifs is 1. The van der Waals surface area contributed by atoms with E-state index >= 15 is 0 Å². The molecule has 5 nitrogen and oxygen atoms in total. The van der Waals surface area contributed by atoms with Gasteiger partial charge in [-0.15, -0.1) is 0 Å². The van der Waals surface area contributed by atoms with E-state index in [0.717, 1.165) is 5.56 Å². The van der Waals surface area contributed by atoms with Gasteiger partial charge in [-0.3, -0.25) is 9.69 Å². The van der Waals surface area contributed by atoms with E-state index in [1.807, 2.05) is 13.0 Å². The Morgan fingerprint density at radius 1 is 1.53 bits per heavy atom. The van der Waals surface area contributed by atoms with Crippen molar-refractivity contribution < 1.29 is 19.4 Å². The molecule has 0 saturated carbocycles. The Morgan fingerprint density at radius 3 is 2.88 bits per heavy atom. The van der Waals surface area contributed by atoms with Gasteiger partial charge in [0.15, 0.2) is 6.61 Å². The Hall–Kier alpha value is -2.04. The molecule has 90 valence electrons. The summed E-state index contributed by atoms with van der Waals surface area (Å²) < 4.78 is 5.27. The van der Waals surface area contributed by atoms with Gasteiger partial charge in [-0.05, 0) is 31.5 Å². The summed E-state index contributed by atoms with van der Waals surface area (Å²) >= 11 is 0. The first kappa shape index (κ1) is 11.4. The Morgan fingerprint density at radius 2 is 2.24 bits per heavy atom. The summed E-state index contributed by atoms with van der Waals surface area (Å²) in [6, 6.07) is 4.47. The number of hydrogen-bond donors (Lipinski definition) is 1. The number of hydrogen-bond acceptors (Lipinski definition) is 3. The van der Waals surface area contributed by atoms with Gasteiger partial charge in [-0.1, -0.05) is 6.07 Å². The topological polar surface area (TPSA) is 66.8 Å². The van der Waals surface area contributed by atoms with Gasteiger partial charge in [0.1, 0.15) is 11.8 Å². The fourth-order valence-corrected chi connectivity index (χ4v) is 1.82. The lowest BCUT2D eigenvalue weighted by Crippen LogP contribution is -2.48. The van der Waals surface area contributed by atoms with Crippen LogP contribution in [0.15, 0.2) is 18.2 Å². The molecule has 5 heteroatoms. The Labute approximate surface area is 98.6 Å². The average molecular weight is 235 g/mol. The molecule has 2 rings (SSSR count). The minimum atomic E-state index is -1.03. The number of rotatable bonds is 2. The van der Waals surface area contributed by atoms with Crippen LogP contribution in [0.4, 0.5) is 5.69 Å². The Kier molecular flexibility index (Phi) is 2.75. The number of carboxylic acids is 1. The van der Waals surface area contributed by atoms with Crippen LogP contribution in [0.5, 0.6) is 5.75 Å². The standard InChI is InChI=1S/C12H13NO4/c1-7-3-4-10-9(5-7)13(8(2)12(15)16)11(14)6-17-10/h3-5,8H,6H2,1-2H3,(H,15,16)/t8-/m1/s1. The molecule has 0 bridgehead atoms. The van der Waals surface area contributed by atoms with Crippen LogP contribution in [-0.4, -0.2) is 29.6 Å². The Bertz CT molecular complexity index is 483. The molecular weight excluding hydrogens is 222 g/mol. The van der Waals surface area contributed by atoms with Gasteiger partial charge in [0.25, 0.3) is 5.91 Å². The predicted octanol–water partition coefficient (Wildman–Crippen LogP) is 1.19. The third-order valence-corrected chi connectivity index (χ3v) is 2.74. The zero-order valence-corrected chi connectivity index (χ0v) is 9.64. The fourth-order valence-electron chi connectivity index (χ4n) is 1.82. The molecule has 0 aliphatic carbocycles. The number of carbonyl (C=O) groups excluding carboxylic acids is 1. The van der Waals surface area contributed by atoms with Crippen LogP contribution in [0.1, 0.15) is 12.5 Å². The van der Waals surface area contributed by atoms with E-state index in [4.69, 9.17) is 9.84 Å². The SMILES string of the molecule is Cc1ccc2c(c1)N([C@H](C)C(=O)O)C(=O)CO2. The van der Waals surface area contributed by atoms with Crippen LogP contribution in [0, 0.1) is 6.92 Å². The highest BCUT2D eigenvalue weighted by Crippen LogP contribution is 2.34. The molecule has 1 N–H and O–H groups in total. The fraction of sp³-hybridized carbons (Fsp3) is 0.333. The molecular formula is C12H13NO4. The van der Waals surface area contributed by atoms with E-state index in [9.17, 15) is 9.59 Å². The third kappa shape index (κ3) is 1.95. The molecule has 0 saturated heterocycles. The van der Waals surface area contributed by atoms with Crippen molar-refractivity contribution in [3.63, 3.8) is 0 Å². The molecule has 0 aromatic heterocycles. The second-order valence-corrected chi connectivity index (χ2v) is 4.04. The maximum atomic E-state index is 11.8. The average Bonchev–Trinajstić information content (AvgIpc) is 2.27. The first-order valence-electron chi connectivity index (χ1n) is 5.29. The lowest BCUT2D eigenvalue weighted by atomic mass is 10.1. The van der Waals surface area contributed by atoms with Crippen molar-refractivity contribution >= 4 is 17.6 Å². The van der Waals surface area contributed by atoms with E-state index in [-0.39, 0.29) is 12.5 Å². The number of carboxylic acid groups (broad SMARTS) is 1. The number of nitrogens with zero attached hydrogens (tertiary/aromatic N) is 1. The highest BCUT2D eigenvalue weighted by atomic mass is 16.5. The van der Waals surface area contributed by atoms with Crippen molar-refractivity contribution in [2.24, 2.45) is 0 Å². The second-order valence-electron chi connectivity index (χ2n) is 4.04. The van der Waals surface area contributed by atoms with Crippen LogP contribution < -0.4 is 9.64 Å². The molecule has 1 amide bonds. The molecule has 1 atom stereocenters. The molecule has 1 aromatic carbocycles. The first-order valence-corrected chi connectivity index (χ1v) is 5.29. The van der Waals surface area contributed by atoms with Crippen molar-refractivity contribution in [3.05, 3.63) is 23.8 Å². The maximum absolute atomic E-state index is 11.8. The summed E-state index contributed by atoms with van der Waals surface area (Å²) in [5.74, 6) is -0.825. The van der Waals surface area contributed by atoms with Crippen molar-refractivity contribution in [2.75, 3.05) is 11.5 Å². The van der Waals surface area contributed by atoms with Gasteiger partial charge in [-0.25, -0.2) is 4.79 Å². The monoisotopic (exact) mass is 235 g/mol. The molecule has 0 spiro atoms. The number of aliphatic carboxylic acids is 1. The predicted molar refractivity (Wildman–Crippen MR) is 61.3 cm³/mol. The summed E-state index contributed by atoms with van der Waals surface area (Å²) in [7, 11) is 0. The quantitative estimate of drug-likeness (QED) is 0.836. The van der Waals surface area contributed by atoms with E-state index in [2.05, 4.69) is 0 Å². The number of ether oxygens (including phenoxy) is 1. The normalized spacial score (nSPS) is 16.1. The number of aryl methyl sites for hydroxylation is 1. The molecule has 1 aliphatic heterocycles. The van der Waals surface area contributed by atoms with Gasteiger partial charge < -0.3 is 9.84 Å². The van der Waals surface area contributed by atoms with Crippen LogP contribution >= 0.6 is 0 Å². The van der Waals surface area contributed by atoms with Crippen LogP contribution in [0.25, 0.3) is 0 Å². The smallest absolute Gasteiger partial charge is 0.326 e. The summed E-state index contributed by atoms with van der Waals surface area (Å²) in [6.45, 7) is 3.24. The lowest BCUT2D eigenvalue weighted by Gasteiger charge is -2.32. The summed E-state index contributed by atoms with van der Waals surface area (Å²) in [4.78, 5) is 24.0. The van der Waals surface area contributed by atoms with E-state index in [1.165, 1.54) is 11.8 Å². The van der Waals surface area contributed by atoms with Crippen molar-refractivity contribution in [1.82, 2.24) is 0 Å². The molecule has 0 unspecified atom stereocenters. The van der Waals surface area contributed by atoms with Gasteiger partial charge in [-0.2, -0.15) is 0 Å². The number of carbonyl (C=O) groups is 2. The summed E-state index contributed by atoms with van der Waals surface area (Å²) in [6.07, 6.45) is 0. The minimum absolute atomic E-state index is 0.117.